The summed E-state index contributed by atoms with van der Waals surface area (Å²) in [7, 11) is 0. The highest BCUT2D eigenvalue weighted by Crippen LogP contribution is 2.21. The van der Waals surface area contributed by atoms with Crippen LogP contribution < -0.4 is 5.32 Å². The van der Waals surface area contributed by atoms with E-state index in [1.54, 1.807) is 0 Å². The van der Waals surface area contributed by atoms with Crippen molar-refractivity contribution < 1.29 is 0 Å². The molecule has 1 fully saturated rings. The van der Waals surface area contributed by atoms with Crippen LogP contribution in [0.15, 0.2) is 24.3 Å². The summed E-state index contributed by atoms with van der Waals surface area (Å²) < 4.78 is 0. The molecule has 84 valence electrons. The molecule has 2 N–H and O–H groups in total. The normalized spacial score (nSPS) is 16.6. The first-order chi connectivity index (χ1) is 7.81. The number of aromatic amines is 1. The topological polar surface area (TPSA) is 27.8 Å². The van der Waals surface area contributed by atoms with Crippen molar-refractivity contribution in [3.63, 3.8) is 0 Å². The van der Waals surface area contributed by atoms with Gasteiger partial charge in [-0.1, -0.05) is 24.1 Å². The quantitative estimate of drug-likeness (QED) is 0.837. The molecule has 0 amide bonds. The average molecular weight is 235 g/mol. The zero-order valence-electron chi connectivity index (χ0n) is 9.09. The summed E-state index contributed by atoms with van der Waals surface area (Å²) in [6.07, 6.45) is 4.03. The van der Waals surface area contributed by atoms with Gasteiger partial charge in [0.05, 0.1) is 0 Å². The SMILES string of the molecule is Clc1ccc2cc(CNC3CCC3)[nH]c2c1. The van der Waals surface area contributed by atoms with Crippen LogP contribution in [0.3, 0.4) is 0 Å². The predicted octanol–water partition coefficient (Wildman–Crippen LogP) is 3.46. The maximum atomic E-state index is 5.95. The van der Waals surface area contributed by atoms with Gasteiger partial charge in [-0.15, -0.1) is 0 Å². The van der Waals surface area contributed by atoms with Gasteiger partial charge < -0.3 is 10.3 Å². The number of H-pyrrole nitrogens is 1. The highest BCUT2D eigenvalue weighted by atomic mass is 35.5. The lowest BCUT2D eigenvalue weighted by Crippen LogP contribution is -2.34. The Kier molecular flexibility index (Phi) is 2.62. The fourth-order valence-electron chi connectivity index (χ4n) is 2.12. The molecule has 0 aliphatic heterocycles. The van der Waals surface area contributed by atoms with Gasteiger partial charge in [-0.25, -0.2) is 0 Å². The second kappa shape index (κ2) is 4.11. The molecule has 0 spiro atoms. The van der Waals surface area contributed by atoms with Crippen molar-refractivity contribution in [1.29, 1.82) is 0 Å². The maximum Gasteiger partial charge on any atom is 0.0471 e. The van der Waals surface area contributed by atoms with E-state index in [-0.39, 0.29) is 0 Å². The van der Waals surface area contributed by atoms with E-state index in [0.29, 0.717) is 0 Å². The van der Waals surface area contributed by atoms with Crippen molar-refractivity contribution in [3.05, 3.63) is 35.0 Å². The van der Waals surface area contributed by atoms with E-state index in [9.17, 15) is 0 Å². The van der Waals surface area contributed by atoms with Gasteiger partial charge in [0.15, 0.2) is 0 Å². The Balaban J connectivity index is 1.76. The zero-order chi connectivity index (χ0) is 11.0. The minimum atomic E-state index is 0.731. The standard InChI is InChI=1S/C13H15ClN2/c14-10-5-4-9-6-12(16-13(9)7-10)8-15-11-2-1-3-11/h4-7,11,15-16H,1-3,8H2. The lowest BCUT2D eigenvalue weighted by atomic mass is 9.93. The van der Waals surface area contributed by atoms with Crippen LogP contribution in [0.5, 0.6) is 0 Å². The van der Waals surface area contributed by atoms with E-state index in [0.717, 1.165) is 23.1 Å². The Morgan fingerprint density at radius 1 is 1.31 bits per heavy atom. The number of hydrogen-bond donors (Lipinski definition) is 2. The minimum Gasteiger partial charge on any atom is -0.357 e. The van der Waals surface area contributed by atoms with E-state index >= 15 is 0 Å². The van der Waals surface area contributed by atoms with Gasteiger partial charge in [0.1, 0.15) is 0 Å². The van der Waals surface area contributed by atoms with Crippen LogP contribution in [0.4, 0.5) is 0 Å². The predicted molar refractivity (Wildman–Crippen MR) is 67.8 cm³/mol. The lowest BCUT2D eigenvalue weighted by molar-refractivity contribution is 0.337. The van der Waals surface area contributed by atoms with E-state index < -0.39 is 0 Å². The highest BCUT2D eigenvalue weighted by molar-refractivity contribution is 6.31. The number of aromatic nitrogens is 1. The molecule has 1 aromatic carbocycles. The van der Waals surface area contributed by atoms with Gasteiger partial charge in [0.25, 0.3) is 0 Å². The Morgan fingerprint density at radius 3 is 2.94 bits per heavy atom. The van der Waals surface area contributed by atoms with E-state index in [2.05, 4.69) is 22.4 Å². The van der Waals surface area contributed by atoms with Crippen LogP contribution in [0.2, 0.25) is 5.02 Å². The molecule has 1 heterocycles. The molecule has 0 bridgehead atoms. The Hall–Kier alpha value is -0.990. The molecule has 3 rings (SSSR count). The summed E-state index contributed by atoms with van der Waals surface area (Å²) in [5.74, 6) is 0. The summed E-state index contributed by atoms with van der Waals surface area (Å²) in [6, 6.07) is 8.89. The van der Waals surface area contributed by atoms with Gasteiger partial charge in [0.2, 0.25) is 0 Å². The molecule has 1 aliphatic carbocycles. The highest BCUT2D eigenvalue weighted by Gasteiger charge is 2.16. The molecule has 3 heteroatoms. The van der Waals surface area contributed by atoms with Gasteiger partial charge in [0, 0.05) is 28.8 Å². The molecule has 0 saturated heterocycles. The summed E-state index contributed by atoms with van der Waals surface area (Å²) >= 11 is 5.95. The van der Waals surface area contributed by atoms with E-state index in [1.807, 2.05) is 12.1 Å². The van der Waals surface area contributed by atoms with Gasteiger partial charge >= 0.3 is 0 Å². The molecule has 16 heavy (non-hydrogen) atoms. The molecule has 0 radical (unpaired) electrons. The summed E-state index contributed by atoms with van der Waals surface area (Å²) in [5, 5.41) is 5.56. The minimum absolute atomic E-state index is 0.731. The largest absolute Gasteiger partial charge is 0.357 e. The van der Waals surface area contributed by atoms with Crippen LogP contribution in [0.1, 0.15) is 25.0 Å². The third kappa shape index (κ3) is 1.95. The molecular formula is C13H15ClN2. The van der Waals surface area contributed by atoms with Crippen LogP contribution in [-0.4, -0.2) is 11.0 Å². The van der Waals surface area contributed by atoms with E-state index in [1.165, 1.54) is 30.3 Å². The molecule has 0 unspecified atom stereocenters. The fourth-order valence-corrected chi connectivity index (χ4v) is 2.29. The molecule has 2 aromatic rings. The first kappa shape index (κ1) is 10.2. The first-order valence-corrected chi connectivity index (χ1v) is 6.19. The molecule has 1 aliphatic rings. The number of benzene rings is 1. The lowest BCUT2D eigenvalue weighted by Gasteiger charge is -2.26. The molecule has 2 nitrogen and oxygen atoms in total. The maximum absolute atomic E-state index is 5.95. The third-order valence-electron chi connectivity index (χ3n) is 3.33. The monoisotopic (exact) mass is 234 g/mol. The van der Waals surface area contributed by atoms with Crippen molar-refractivity contribution in [2.45, 2.75) is 31.8 Å². The van der Waals surface area contributed by atoms with Gasteiger partial charge in [-0.2, -0.15) is 0 Å². The number of rotatable bonds is 3. The Labute approximate surface area is 100.0 Å². The second-order valence-corrected chi connectivity index (χ2v) is 4.97. The zero-order valence-corrected chi connectivity index (χ0v) is 9.85. The third-order valence-corrected chi connectivity index (χ3v) is 3.56. The molecule has 1 saturated carbocycles. The summed E-state index contributed by atoms with van der Waals surface area (Å²) in [6.45, 7) is 0.928. The van der Waals surface area contributed by atoms with Crippen molar-refractivity contribution >= 4 is 22.5 Å². The summed E-state index contributed by atoms with van der Waals surface area (Å²) in [5.41, 5.74) is 2.36. The smallest absolute Gasteiger partial charge is 0.0471 e. The average Bonchev–Trinajstić information content (AvgIpc) is 2.57. The summed E-state index contributed by atoms with van der Waals surface area (Å²) in [4.78, 5) is 3.39. The fraction of sp³-hybridized carbons (Fsp3) is 0.385. The molecular weight excluding hydrogens is 220 g/mol. The van der Waals surface area contributed by atoms with Crippen molar-refractivity contribution in [2.75, 3.05) is 0 Å². The number of halogens is 1. The number of fused-ring (bicyclic) bond motifs is 1. The Morgan fingerprint density at radius 2 is 2.19 bits per heavy atom. The molecule has 0 atom stereocenters. The number of hydrogen-bond acceptors (Lipinski definition) is 1. The molecule has 1 aromatic heterocycles. The number of nitrogens with one attached hydrogen (secondary N) is 2. The van der Waals surface area contributed by atoms with Crippen molar-refractivity contribution in [2.24, 2.45) is 0 Å². The Bertz CT molecular complexity index is 500. The van der Waals surface area contributed by atoms with Crippen LogP contribution >= 0.6 is 11.6 Å². The van der Waals surface area contributed by atoms with Crippen molar-refractivity contribution in [3.8, 4) is 0 Å². The second-order valence-electron chi connectivity index (χ2n) is 4.53. The van der Waals surface area contributed by atoms with Crippen molar-refractivity contribution in [1.82, 2.24) is 10.3 Å². The van der Waals surface area contributed by atoms with Gasteiger partial charge in [-0.3, -0.25) is 0 Å². The van der Waals surface area contributed by atoms with Crippen LogP contribution in [0, 0.1) is 0 Å². The van der Waals surface area contributed by atoms with Crippen LogP contribution in [0.25, 0.3) is 10.9 Å². The van der Waals surface area contributed by atoms with E-state index in [4.69, 9.17) is 11.6 Å². The van der Waals surface area contributed by atoms with Crippen LogP contribution in [-0.2, 0) is 6.54 Å². The first-order valence-electron chi connectivity index (χ1n) is 5.82. The van der Waals surface area contributed by atoms with Gasteiger partial charge in [-0.05, 0) is 36.4 Å².